The van der Waals surface area contributed by atoms with Crippen LogP contribution in [0.1, 0.15) is 57.9 Å². The van der Waals surface area contributed by atoms with Gasteiger partial charge in [0.1, 0.15) is 10.1 Å². The predicted octanol–water partition coefficient (Wildman–Crippen LogP) is 4.80. The molecule has 32 heavy (non-hydrogen) atoms. The highest BCUT2D eigenvalue weighted by Crippen LogP contribution is 2.37. The lowest BCUT2D eigenvalue weighted by Gasteiger charge is -2.29. The number of para-hydroxylation sites is 1. The van der Waals surface area contributed by atoms with Gasteiger partial charge in [-0.2, -0.15) is 0 Å². The van der Waals surface area contributed by atoms with E-state index in [-0.39, 0.29) is 10.7 Å². The minimum atomic E-state index is -1.75. The number of carbonyl (C=O) groups excluding carboxylic acids is 1. The number of thioether (sulfide) groups is 1. The number of benzene rings is 1. The topological polar surface area (TPSA) is 104 Å². The molecule has 1 aromatic rings. The zero-order valence-electron chi connectivity index (χ0n) is 18.3. The molecule has 1 aliphatic rings. The number of aliphatic carboxylic acids is 2. The minimum Gasteiger partial charge on any atom is -0.493 e. The van der Waals surface area contributed by atoms with Crippen molar-refractivity contribution >= 4 is 52.2 Å². The lowest BCUT2D eigenvalue weighted by molar-refractivity contribution is -0.157. The summed E-state index contributed by atoms with van der Waals surface area (Å²) in [7, 11) is 0. The van der Waals surface area contributed by atoms with E-state index in [0.717, 1.165) is 42.3 Å². The molecule has 1 aromatic carbocycles. The summed E-state index contributed by atoms with van der Waals surface area (Å²) in [5, 5.41) is 18.9. The van der Waals surface area contributed by atoms with E-state index in [0.29, 0.717) is 29.2 Å². The Morgan fingerprint density at radius 1 is 1.12 bits per heavy atom. The van der Waals surface area contributed by atoms with Gasteiger partial charge >= 0.3 is 11.9 Å². The third-order valence-electron chi connectivity index (χ3n) is 5.12. The number of thiocarbonyl (C=S) groups is 1. The number of rotatable bonds is 13. The lowest BCUT2D eigenvalue weighted by atomic mass is 9.94. The summed E-state index contributed by atoms with van der Waals surface area (Å²) < 4.78 is 6.06. The summed E-state index contributed by atoms with van der Waals surface area (Å²) in [6.07, 6.45) is 6.70. The molecule has 9 heteroatoms. The number of ether oxygens (including phenoxy) is 1. The first-order valence-corrected chi connectivity index (χ1v) is 12.0. The van der Waals surface area contributed by atoms with Crippen molar-refractivity contribution in [2.45, 2.75) is 58.4 Å². The fourth-order valence-electron chi connectivity index (χ4n) is 3.52. The van der Waals surface area contributed by atoms with Gasteiger partial charge in [0.2, 0.25) is 0 Å². The molecule has 0 aromatic heterocycles. The SMILES string of the molecule is CCCCCCOc1ccccc1C=C1SC(=S)N(C(CCC)C(C(=O)O)C(=O)O)C1=O. The minimum absolute atomic E-state index is 0.158. The zero-order chi connectivity index (χ0) is 23.7. The molecule has 1 atom stereocenters. The lowest BCUT2D eigenvalue weighted by Crippen LogP contribution is -2.48. The first-order chi connectivity index (χ1) is 15.3. The number of amides is 1. The Kier molecular flexibility index (Phi) is 10.2. The van der Waals surface area contributed by atoms with Crippen molar-refractivity contribution in [3.05, 3.63) is 34.7 Å². The number of hydrogen-bond acceptors (Lipinski definition) is 6. The third kappa shape index (κ3) is 6.56. The Morgan fingerprint density at radius 2 is 1.81 bits per heavy atom. The van der Waals surface area contributed by atoms with Crippen molar-refractivity contribution < 1.29 is 29.3 Å². The fourth-order valence-corrected chi connectivity index (χ4v) is 4.89. The van der Waals surface area contributed by atoms with Crippen molar-refractivity contribution in [3.63, 3.8) is 0 Å². The molecular formula is C23H29NO6S2. The molecule has 0 bridgehead atoms. The molecule has 0 aliphatic carbocycles. The van der Waals surface area contributed by atoms with Gasteiger partial charge in [-0.25, -0.2) is 0 Å². The van der Waals surface area contributed by atoms with Crippen molar-refractivity contribution in [1.29, 1.82) is 0 Å². The second-order valence-electron chi connectivity index (χ2n) is 7.51. The highest BCUT2D eigenvalue weighted by atomic mass is 32.2. The first-order valence-electron chi connectivity index (χ1n) is 10.8. The van der Waals surface area contributed by atoms with E-state index < -0.39 is 29.8 Å². The predicted molar refractivity (Wildman–Crippen MR) is 129 cm³/mol. The number of carboxylic acid groups (broad SMARTS) is 2. The van der Waals surface area contributed by atoms with Crippen LogP contribution in [0.25, 0.3) is 6.08 Å². The van der Waals surface area contributed by atoms with E-state index in [1.807, 2.05) is 24.3 Å². The van der Waals surface area contributed by atoms with Crippen LogP contribution in [0, 0.1) is 5.92 Å². The zero-order valence-corrected chi connectivity index (χ0v) is 19.9. The quantitative estimate of drug-likeness (QED) is 0.180. The van der Waals surface area contributed by atoms with Crippen LogP contribution in [0.4, 0.5) is 0 Å². The molecule has 7 nitrogen and oxygen atoms in total. The average molecular weight is 480 g/mol. The molecule has 1 amide bonds. The monoisotopic (exact) mass is 479 g/mol. The number of hydrogen-bond donors (Lipinski definition) is 2. The summed E-state index contributed by atoms with van der Waals surface area (Å²) in [5.41, 5.74) is 0.712. The van der Waals surface area contributed by atoms with Crippen LogP contribution < -0.4 is 4.74 Å². The summed E-state index contributed by atoms with van der Waals surface area (Å²) in [4.78, 5) is 37.8. The fraction of sp³-hybridized carbons (Fsp3) is 0.478. The van der Waals surface area contributed by atoms with Crippen molar-refractivity contribution in [2.24, 2.45) is 5.92 Å². The van der Waals surface area contributed by atoms with Gasteiger partial charge in [0.05, 0.1) is 17.6 Å². The Hall–Kier alpha value is -2.39. The second-order valence-corrected chi connectivity index (χ2v) is 9.18. The number of carboxylic acids is 2. The van der Waals surface area contributed by atoms with Gasteiger partial charge in [-0.1, -0.05) is 81.7 Å². The summed E-state index contributed by atoms with van der Waals surface area (Å²) >= 11 is 6.39. The molecule has 1 aliphatic heterocycles. The van der Waals surface area contributed by atoms with Crippen molar-refractivity contribution in [3.8, 4) is 5.75 Å². The standard InChI is InChI=1S/C23H29NO6S2/c1-3-5-6-9-13-30-17-12-8-7-11-15(17)14-18-20(25)24(23(31)32-18)16(10-4-2)19(21(26)27)22(28)29/h7-8,11-12,14,16,19H,3-6,9-10,13H2,1-2H3,(H,26,27)(H,28,29). The van der Waals surface area contributed by atoms with Crippen molar-refractivity contribution in [2.75, 3.05) is 6.61 Å². The van der Waals surface area contributed by atoms with Gasteiger partial charge in [-0.05, 0) is 25.0 Å². The molecule has 0 saturated carbocycles. The Labute approximate surface area is 197 Å². The third-order valence-corrected chi connectivity index (χ3v) is 6.45. The summed E-state index contributed by atoms with van der Waals surface area (Å²) in [6.45, 7) is 4.52. The molecular weight excluding hydrogens is 450 g/mol. The first kappa shape index (κ1) is 25.9. The maximum atomic E-state index is 13.2. The normalized spacial score (nSPS) is 16.1. The van der Waals surface area contributed by atoms with Crippen LogP contribution in [0.3, 0.4) is 0 Å². The molecule has 0 spiro atoms. The summed E-state index contributed by atoms with van der Waals surface area (Å²) in [6, 6.07) is 6.29. The number of nitrogens with zero attached hydrogens (tertiary/aromatic N) is 1. The van der Waals surface area contributed by atoms with Gasteiger partial charge in [0.25, 0.3) is 5.91 Å². The summed E-state index contributed by atoms with van der Waals surface area (Å²) in [5.74, 6) is -4.57. The second kappa shape index (κ2) is 12.6. The molecule has 174 valence electrons. The van der Waals surface area contributed by atoms with Crippen LogP contribution in [0.15, 0.2) is 29.2 Å². The van der Waals surface area contributed by atoms with E-state index in [1.54, 1.807) is 13.0 Å². The molecule has 2 rings (SSSR count). The maximum Gasteiger partial charge on any atom is 0.320 e. The molecule has 1 fully saturated rings. The Balaban J connectivity index is 2.27. The largest absolute Gasteiger partial charge is 0.493 e. The van der Waals surface area contributed by atoms with E-state index in [9.17, 15) is 24.6 Å². The van der Waals surface area contributed by atoms with Gasteiger partial charge in [0, 0.05) is 5.56 Å². The maximum absolute atomic E-state index is 13.2. The highest BCUT2D eigenvalue weighted by molar-refractivity contribution is 8.26. The smallest absolute Gasteiger partial charge is 0.320 e. The van der Waals surface area contributed by atoms with E-state index in [4.69, 9.17) is 17.0 Å². The van der Waals surface area contributed by atoms with Crippen LogP contribution in [-0.4, -0.2) is 49.9 Å². The molecule has 1 saturated heterocycles. The van der Waals surface area contributed by atoms with Crippen LogP contribution in [0.5, 0.6) is 5.75 Å². The Morgan fingerprint density at radius 3 is 2.44 bits per heavy atom. The molecule has 1 unspecified atom stereocenters. The van der Waals surface area contributed by atoms with Gasteiger partial charge in [-0.3, -0.25) is 19.3 Å². The van der Waals surface area contributed by atoms with Crippen LogP contribution in [0.2, 0.25) is 0 Å². The van der Waals surface area contributed by atoms with E-state index in [1.165, 1.54) is 0 Å². The van der Waals surface area contributed by atoms with Gasteiger partial charge < -0.3 is 14.9 Å². The molecule has 0 radical (unpaired) electrons. The Bertz CT molecular complexity index is 871. The van der Waals surface area contributed by atoms with E-state index in [2.05, 4.69) is 6.92 Å². The average Bonchev–Trinajstić information content (AvgIpc) is 3.01. The van der Waals surface area contributed by atoms with Gasteiger partial charge in [0.15, 0.2) is 5.92 Å². The number of unbranched alkanes of at least 4 members (excludes halogenated alkanes) is 3. The van der Waals surface area contributed by atoms with Crippen LogP contribution in [-0.2, 0) is 14.4 Å². The molecule has 2 N–H and O–H groups in total. The van der Waals surface area contributed by atoms with Crippen LogP contribution >= 0.6 is 24.0 Å². The number of carbonyl (C=O) groups is 3. The molecule has 1 heterocycles. The van der Waals surface area contributed by atoms with Gasteiger partial charge in [-0.15, -0.1) is 0 Å². The van der Waals surface area contributed by atoms with Crippen molar-refractivity contribution in [1.82, 2.24) is 4.90 Å². The highest BCUT2D eigenvalue weighted by Gasteiger charge is 2.45. The van der Waals surface area contributed by atoms with E-state index >= 15 is 0 Å².